The molecule has 0 bridgehead atoms. The lowest BCUT2D eigenvalue weighted by atomic mass is 10.0. The Hall–Kier alpha value is -1.94. The first-order chi connectivity index (χ1) is 42.1. The Balaban J connectivity index is 5.27. The number of hydrogen-bond donors (Lipinski definition) is 3. The third-order valence-corrected chi connectivity index (χ3v) is 17.7. The van der Waals surface area contributed by atoms with Gasteiger partial charge in [0, 0.05) is 25.7 Å². The molecule has 0 aromatic heterocycles. The number of phosphoric ester groups is 2. The average Bonchev–Trinajstić information content (AvgIpc) is 3.69. The minimum atomic E-state index is -4.95. The van der Waals surface area contributed by atoms with Gasteiger partial charge in [-0.05, 0) is 49.4 Å². The van der Waals surface area contributed by atoms with E-state index in [0.29, 0.717) is 25.7 Å². The molecular formula is C69H134O17P2. The van der Waals surface area contributed by atoms with Gasteiger partial charge < -0.3 is 33.8 Å². The van der Waals surface area contributed by atoms with Gasteiger partial charge in [0.2, 0.25) is 0 Å². The zero-order valence-electron chi connectivity index (χ0n) is 57.3. The molecule has 0 amide bonds. The van der Waals surface area contributed by atoms with Crippen molar-refractivity contribution in [3.05, 3.63) is 0 Å². The third kappa shape index (κ3) is 62.8. The molecule has 3 N–H and O–H groups in total. The van der Waals surface area contributed by atoms with Crippen molar-refractivity contribution < 1.29 is 80.2 Å². The van der Waals surface area contributed by atoms with E-state index in [2.05, 4.69) is 55.4 Å². The molecule has 0 saturated heterocycles. The Morgan fingerprint density at radius 2 is 0.477 bits per heavy atom. The summed E-state index contributed by atoms with van der Waals surface area (Å²) in [4.78, 5) is 72.5. The largest absolute Gasteiger partial charge is 0.472 e. The zero-order chi connectivity index (χ0) is 65.4. The molecule has 19 heteroatoms. The number of unbranched alkanes of at least 4 members (excludes halogenated alkanes) is 32. The van der Waals surface area contributed by atoms with Crippen LogP contribution in [0.15, 0.2) is 0 Å². The fourth-order valence-electron chi connectivity index (χ4n) is 10.3. The van der Waals surface area contributed by atoms with Crippen LogP contribution < -0.4 is 0 Å². The topological polar surface area (TPSA) is 237 Å². The maximum atomic E-state index is 13.0. The van der Waals surface area contributed by atoms with Crippen LogP contribution in [0, 0.1) is 23.7 Å². The lowest BCUT2D eigenvalue weighted by Gasteiger charge is -2.21. The summed E-state index contributed by atoms with van der Waals surface area (Å²) in [6, 6.07) is 0. The summed E-state index contributed by atoms with van der Waals surface area (Å²) in [5.41, 5.74) is 0. The van der Waals surface area contributed by atoms with Crippen molar-refractivity contribution in [2.24, 2.45) is 23.7 Å². The molecule has 5 atom stereocenters. The van der Waals surface area contributed by atoms with Crippen molar-refractivity contribution in [3.63, 3.8) is 0 Å². The number of carbonyl (C=O) groups excluding carboxylic acids is 4. The lowest BCUT2D eigenvalue weighted by Crippen LogP contribution is -2.30. The van der Waals surface area contributed by atoms with E-state index in [-0.39, 0.29) is 25.7 Å². The van der Waals surface area contributed by atoms with Crippen molar-refractivity contribution in [3.8, 4) is 0 Å². The second-order valence-corrected chi connectivity index (χ2v) is 29.7. The molecule has 0 aliphatic heterocycles. The molecule has 17 nitrogen and oxygen atoms in total. The highest BCUT2D eigenvalue weighted by molar-refractivity contribution is 7.47. The summed E-state index contributed by atoms with van der Waals surface area (Å²) in [6.07, 6.45) is 40.3. The normalized spacial score (nSPS) is 14.3. The number of aliphatic hydroxyl groups excluding tert-OH is 1. The number of esters is 4. The first-order valence-corrected chi connectivity index (χ1v) is 38.7. The van der Waals surface area contributed by atoms with Gasteiger partial charge in [0.25, 0.3) is 0 Å². The van der Waals surface area contributed by atoms with Crippen LogP contribution in [-0.2, 0) is 65.4 Å². The summed E-state index contributed by atoms with van der Waals surface area (Å²) >= 11 is 0. The molecule has 0 rings (SSSR count). The zero-order valence-corrected chi connectivity index (χ0v) is 59.1. The highest BCUT2D eigenvalue weighted by atomic mass is 31.2. The first-order valence-electron chi connectivity index (χ1n) is 35.7. The van der Waals surface area contributed by atoms with Gasteiger partial charge in [0.05, 0.1) is 26.4 Å². The van der Waals surface area contributed by atoms with Crippen LogP contribution in [0.2, 0.25) is 0 Å². The van der Waals surface area contributed by atoms with Crippen molar-refractivity contribution in [2.75, 3.05) is 39.6 Å². The SMILES string of the molecule is CC(C)CCCCCCCCCCCCC(=O)O[C@H](COC(=O)CCCCCCCCCCC(C)C)COP(=O)(O)OCC(O)COP(=O)(O)OC[C@@H](COC(=O)CCCCCCCCCCCC(C)C)OC(=O)CCCCCCCCCCCC(C)C. The molecule has 0 aromatic rings. The number of phosphoric acid groups is 2. The highest BCUT2D eigenvalue weighted by Crippen LogP contribution is 2.45. The highest BCUT2D eigenvalue weighted by Gasteiger charge is 2.30. The van der Waals surface area contributed by atoms with Gasteiger partial charge in [-0.15, -0.1) is 0 Å². The number of carbonyl (C=O) groups is 4. The summed E-state index contributed by atoms with van der Waals surface area (Å²) < 4.78 is 68.2. The van der Waals surface area contributed by atoms with E-state index in [4.69, 9.17) is 37.0 Å². The molecule has 0 spiro atoms. The number of aliphatic hydroxyl groups is 1. The van der Waals surface area contributed by atoms with E-state index in [9.17, 15) is 43.2 Å². The second kappa shape index (κ2) is 58.8. The van der Waals surface area contributed by atoms with E-state index < -0.39 is 97.5 Å². The van der Waals surface area contributed by atoms with Gasteiger partial charge in [-0.25, -0.2) is 9.13 Å². The van der Waals surface area contributed by atoms with Crippen LogP contribution in [0.3, 0.4) is 0 Å². The summed E-state index contributed by atoms with van der Waals surface area (Å²) in [5, 5.41) is 10.6. The van der Waals surface area contributed by atoms with Gasteiger partial charge >= 0.3 is 39.5 Å². The van der Waals surface area contributed by atoms with Gasteiger partial charge in [-0.2, -0.15) is 0 Å². The Morgan fingerprint density at radius 1 is 0.284 bits per heavy atom. The molecule has 88 heavy (non-hydrogen) atoms. The minimum Gasteiger partial charge on any atom is -0.462 e. The molecule has 522 valence electrons. The average molecular weight is 1300 g/mol. The van der Waals surface area contributed by atoms with E-state index >= 15 is 0 Å². The quantitative estimate of drug-likeness (QED) is 0.0222. The van der Waals surface area contributed by atoms with Gasteiger partial charge in [0.15, 0.2) is 12.2 Å². The predicted octanol–water partition coefficient (Wildman–Crippen LogP) is 19.3. The van der Waals surface area contributed by atoms with Crippen molar-refractivity contribution >= 4 is 39.5 Å². The third-order valence-electron chi connectivity index (χ3n) is 15.8. The molecule has 3 unspecified atom stereocenters. The Bertz CT molecular complexity index is 1720. The standard InChI is InChI=1S/C69H134O17P2/c1-59(2)45-37-29-21-13-9-10-16-27-35-43-51-68(73)85-65(56-80-67(72)50-42-34-26-20-19-24-32-40-48-62(7)8)58-84-88(77,78)82-54-63(70)53-81-87(75,76)83-57-64(86-69(74)52-44-36-28-18-12-15-23-31-39-47-61(5)6)55-79-66(71)49-41-33-25-17-11-14-22-30-38-46-60(3)4/h59-65,70H,9-58H2,1-8H3,(H,75,76)(H,77,78)/t63?,64-,65-/m1/s1. The second-order valence-electron chi connectivity index (χ2n) is 26.8. The van der Waals surface area contributed by atoms with Crippen molar-refractivity contribution in [1.29, 1.82) is 0 Å². The monoisotopic (exact) mass is 1300 g/mol. The molecule has 0 radical (unpaired) electrons. The van der Waals surface area contributed by atoms with Crippen LogP contribution in [0.4, 0.5) is 0 Å². The van der Waals surface area contributed by atoms with Gasteiger partial charge in [-0.3, -0.25) is 37.3 Å². The van der Waals surface area contributed by atoms with Crippen molar-refractivity contribution in [1.82, 2.24) is 0 Å². The molecule has 0 saturated carbocycles. The number of ether oxygens (including phenoxy) is 4. The smallest absolute Gasteiger partial charge is 0.462 e. The van der Waals surface area contributed by atoms with Crippen LogP contribution in [-0.4, -0.2) is 96.7 Å². The van der Waals surface area contributed by atoms with Crippen LogP contribution in [0.1, 0.15) is 338 Å². The molecule has 0 heterocycles. The molecule has 0 aliphatic carbocycles. The Kier molecular flexibility index (Phi) is 57.6. The minimum absolute atomic E-state index is 0.104. The lowest BCUT2D eigenvalue weighted by molar-refractivity contribution is -0.161. The summed E-state index contributed by atoms with van der Waals surface area (Å²) in [5.74, 6) is 0.827. The fourth-order valence-corrected chi connectivity index (χ4v) is 11.9. The van der Waals surface area contributed by atoms with E-state index in [1.165, 1.54) is 141 Å². The van der Waals surface area contributed by atoms with Crippen LogP contribution in [0.5, 0.6) is 0 Å². The first kappa shape index (κ1) is 86.1. The summed E-state index contributed by atoms with van der Waals surface area (Å²) in [7, 11) is -9.90. The predicted molar refractivity (Wildman–Crippen MR) is 354 cm³/mol. The molecule has 0 aliphatic rings. The molecule has 0 fully saturated rings. The van der Waals surface area contributed by atoms with E-state index in [0.717, 1.165) is 114 Å². The molecular weight excluding hydrogens is 1160 g/mol. The van der Waals surface area contributed by atoms with Crippen molar-refractivity contribution in [2.45, 2.75) is 356 Å². The van der Waals surface area contributed by atoms with Crippen LogP contribution >= 0.6 is 15.6 Å². The van der Waals surface area contributed by atoms with E-state index in [1.54, 1.807) is 0 Å². The van der Waals surface area contributed by atoms with E-state index in [1.807, 2.05) is 0 Å². The number of rotatable bonds is 66. The Labute approximate surface area is 537 Å². The maximum Gasteiger partial charge on any atom is 0.472 e. The van der Waals surface area contributed by atoms with Crippen LogP contribution in [0.25, 0.3) is 0 Å². The fraction of sp³-hybridized carbons (Fsp3) is 0.942. The van der Waals surface area contributed by atoms with Gasteiger partial charge in [0.1, 0.15) is 19.3 Å². The molecule has 0 aromatic carbocycles. The number of hydrogen-bond acceptors (Lipinski definition) is 15. The summed E-state index contributed by atoms with van der Waals surface area (Å²) in [6.45, 7) is 14.1. The van der Waals surface area contributed by atoms with Gasteiger partial charge in [-0.1, -0.05) is 287 Å². The Morgan fingerprint density at radius 3 is 0.705 bits per heavy atom. The maximum absolute atomic E-state index is 13.0.